The molecule has 3 N–H and O–H groups in total. The van der Waals surface area contributed by atoms with Gasteiger partial charge in [0.2, 0.25) is 0 Å². The zero-order chi connectivity index (χ0) is 34.7. The number of alkyl halides is 3. The van der Waals surface area contributed by atoms with Gasteiger partial charge in [-0.15, -0.1) is 0 Å². The number of anilines is 1. The summed E-state index contributed by atoms with van der Waals surface area (Å²) in [6.45, 7) is 8.00. The Balaban J connectivity index is 0.000000900. The number of hydrogen-bond acceptors (Lipinski definition) is 10. The molecule has 0 radical (unpaired) electrons. The number of carboxylic acid groups (broad SMARTS) is 1. The highest BCUT2D eigenvalue weighted by Crippen LogP contribution is 2.40. The van der Waals surface area contributed by atoms with Gasteiger partial charge in [0.15, 0.2) is 23.0 Å². The van der Waals surface area contributed by atoms with Gasteiger partial charge >= 0.3 is 22.3 Å². The van der Waals surface area contributed by atoms with Crippen LogP contribution < -0.4 is 19.1 Å². The fourth-order valence-electron chi connectivity index (χ4n) is 4.14. The van der Waals surface area contributed by atoms with Gasteiger partial charge in [0, 0.05) is 44.4 Å². The average Bonchev–Trinajstić information content (AvgIpc) is 3.19. The van der Waals surface area contributed by atoms with Gasteiger partial charge in [0.05, 0.1) is 25.1 Å². The summed E-state index contributed by atoms with van der Waals surface area (Å²) < 4.78 is 66.7. The Hall–Kier alpha value is -4.41. The molecule has 2 heterocycles. The van der Waals surface area contributed by atoms with Crippen LogP contribution in [-0.2, 0) is 26.9 Å². The van der Waals surface area contributed by atoms with Crippen LogP contribution in [0.25, 0.3) is 0 Å². The lowest BCUT2D eigenvalue weighted by atomic mass is 9.84. The minimum absolute atomic E-state index is 0.0301. The number of amides is 1. The molecule has 1 aliphatic heterocycles. The third-order valence-electron chi connectivity index (χ3n) is 6.20. The lowest BCUT2D eigenvalue weighted by Gasteiger charge is -2.27. The van der Waals surface area contributed by atoms with Gasteiger partial charge in [-0.1, -0.05) is 20.8 Å². The molecule has 0 spiro atoms. The molecular weight excluding hydrogens is 623 g/mol. The molecule has 1 amide bonds. The van der Waals surface area contributed by atoms with Crippen molar-refractivity contribution in [3.05, 3.63) is 46.3 Å². The Morgan fingerprint density at radius 2 is 1.73 bits per heavy atom. The summed E-state index contributed by atoms with van der Waals surface area (Å²) in [6, 6.07) is 4.94. The van der Waals surface area contributed by atoms with Gasteiger partial charge < -0.3 is 29.1 Å². The summed E-state index contributed by atoms with van der Waals surface area (Å²) in [5.74, 6) is -2.93. The summed E-state index contributed by atoms with van der Waals surface area (Å²) >= 11 is 0. The molecule has 3 rings (SSSR count). The van der Waals surface area contributed by atoms with Gasteiger partial charge in [-0.2, -0.15) is 21.6 Å². The van der Waals surface area contributed by atoms with Crippen LogP contribution in [0.4, 0.5) is 18.9 Å². The van der Waals surface area contributed by atoms with E-state index in [0.717, 1.165) is 6.26 Å². The van der Waals surface area contributed by atoms with Crippen molar-refractivity contribution in [2.45, 2.75) is 45.8 Å². The highest BCUT2D eigenvalue weighted by Gasteiger charge is 2.38. The van der Waals surface area contributed by atoms with Crippen LogP contribution in [0, 0.1) is 5.41 Å². The SMILES string of the molecule is CCOc1cc2c(nc1C(=O)NC)C(=N)N(CC(=O)c1cc(N(C)C)c(OS(C)(=O)=O)c(C(C)(C)C)c1)C2.O=C(O)C(F)(F)F. The van der Waals surface area contributed by atoms with E-state index in [4.69, 9.17) is 24.2 Å². The number of carbonyl (C=O) groups is 3. The number of Topliss-reactive ketones (excluding diaryl/α,β-unsaturated/α-hetero) is 1. The Labute approximate surface area is 259 Å². The summed E-state index contributed by atoms with van der Waals surface area (Å²) in [5, 5.41) is 18.3. The number of aromatic nitrogens is 1. The number of ether oxygens (including phenoxy) is 1. The Bertz CT molecular complexity index is 1600. The van der Waals surface area contributed by atoms with Gasteiger partial charge in [-0.3, -0.25) is 15.0 Å². The number of carbonyl (C=O) groups excluding carboxylic acids is 2. The van der Waals surface area contributed by atoms with Crippen LogP contribution in [0.3, 0.4) is 0 Å². The second-order valence-electron chi connectivity index (χ2n) is 11.1. The number of rotatable bonds is 9. The van der Waals surface area contributed by atoms with Crippen molar-refractivity contribution in [3.63, 3.8) is 0 Å². The fraction of sp³-hybridized carbons (Fsp3) is 0.464. The number of aliphatic carboxylic acids is 1. The van der Waals surface area contributed by atoms with Crippen molar-refractivity contribution in [2.24, 2.45) is 0 Å². The predicted molar refractivity (Wildman–Crippen MR) is 159 cm³/mol. The average molecular weight is 660 g/mol. The second kappa shape index (κ2) is 13.7. The maximum atomic E-state index is 13.5. The van der Waals surface area contributed by atoms with Crippen LogP contribution in [-0.4, -0.2) is 93.6 Å². The zero-order valence-corrected chi connectivity index (χ0v) is 26.9. The first-order valence-electron chi connectivity index (χ1n) is 13.3. The lowest BCUT2D eigenvalue weighted by molar-refractivity contribution is -0.192. The molecule has 0 fully saturated rings. The molecule has 1 aromatic carbocycles. The van der Waals surface area contributed by atoms with Crippen molar-refractivity contribution in [2.75, 3.05) is 45.5 Å². The van der Waals surface area contributed by atoms with E-state index in [2.05, 4.69) is 10.3 Å². The number of nitrogens with one attached hydrogen (secondary N) is 2. The molecule has 0 saturated carbocycles. The maximum Gasteiger partial charge on any atom is 0.490 e. The molecule has 1 aromatic heterocycles. The quantitative estimate of drug-likeness (QED) is 0.266. The number of ketones is 1. The van der Waals surface area contributed by atoms with E-state index in [1.807, 2.05) is 20.8 Å². The van der Waals surface area contributed by atoms with Gasteiger partial charge in [-0.05, 0) is 30.5 Å². The standard InChI is InChI=1S/C26H35N5O6S.C2HF3O2/c1-9-36-20-12-16-13-31(24(27)21(16)29-22(20)25(33)28-5)14-19(32)15-10-17(26(2,3)4)23(37-38(8,34)35)18(11-15)30(6)7;3-2(4,5)1(6)7/h10-12,27H,9,13-14H2,1-8H3,(H,28,33);(H,6,7). The van der Waals surface area contributed by atoms with Crippen molar-refractivity contribution in [1.82, 2.24) is 15.2 Å². The van der Waals surface area contributed by atoms with E-state index in [1.54, 1.807) is 49.0 Å². The highest BCUT2D eigenvalue weighted by atomic mass is 32.2. The molecule has 248 valence electrons. The first-order chi connectivity index (χ1) is 20.5. The van der Waals surface area contributed by atoms with E-state index < -0.39 is 33.6 Å². The van der Waals surface area contributed by atoms with E-state index in [9.17, 15) is 31.2 Å². The zero-order valence-electron chi connectivity index (χ0n) is 26.0. The number of carboxylic acids is 1. The Morgan fingerprint density at radius 3 is 2.18 bits per heavy atom. The molecule has 0 bridgehead atoms. The molecular formula is C28H36F3N5O8S. The van der Waals surface area contributed by atoms with Gasteiger partial charge in [-0.25, -0.2) is 9.78 Å². The van der Waals surface area contributed by atoms with Crippen molar-refractivity contribution in [3.8, 4) is 11.5 Å². The summed E-state index contributed by atoms with van der Waals surface area (Å²) in [5.41, 5.74) is 1.92. The molecule has 45 heavy (non-hydrogen) atoms. The molecule has 1 aliphatic rings. The van der Waals surface area contributed by atoms with Gasteiger partial charge in [0.1, 0.15) is 11.5 Å². The smallest absolute Gasteiger partial charge is 0.490 e. The lowest BCUT2D eigenvalue weighted by Crippen LogP contribution is -2.31. The third-order valence-corrected chi connectivity index (χ3v) is 6.67. The minimum Gasteiger partial charge on any atom is -0.491 e. The van der Waals surface area contributed by atoms with Crippen LogP contribution >= 0.6 is 0 Å². The predicted octanol–water partition coefficient (Wildman–Crippen LogP) is 3.20. The topological polar surface area (TPSA) is 179 Å². The normalized spacial score (nSPS) is 13.0. The maximum absolute atomic E-state index is 13.5. The highest BCUT2D eigenvalue weighted by molar-refractivity contribution is 7.86. The van der Waals surface area contributed by atoms with Crippen LogP contribution in [0.5, 0.6) is 11.5 Å². The first-order valence-corrected chi connectivity index (χ1v) is 15.1. The molecule has 17 heteroatoms. The molecule has 0 aliphatic carbocycles. The van der Waals surface area contributed by atoms with E-state index in [1.165, 1.54) is 7.05 Å². The van der Waals surface area contributed by atoms with E-state index in [0.29, 0.717) is 40.4 Å². The Morgan fingerprint density at radius 1 is 1.16 bits per heavy atom. The molecule has 0 atom stereocenters. The largest absolute Gasteiger partial charge is 0.491 e. The fourth-order valence-corrected chi connectivity index (χ4v) is 4.62. The second-order valence-corrected chi connectivity index (χ2v) is 12.7. The number of benzene rings is 1. The number of pyridine rings is 1. The summed E-state index contributed by atoms with van der Waals surface area (Å²) in [7, 11) is 1.15. The third kappa shape index (κ3) is 9.29. The number of nitrogens with zero attached hydrogens (tertiary/aromatic N) is 3. The minimum atomic E-state index is -5.08. The van der Waals surface area contributed by atoms with Crippen molar-refractivity contribution in [1.29, 1.82) is 5.41 Å². The molecule has 0 saturated heterocycles. The van der Waals surface area contributed by atoms with Gasteiger partial charge in [0.25, 0.3) is 5.91 Å². The number of amidine groups is 1. The summed E-state index contributed by atoms with van der Waals surface area (Å²) in [6.07, 6.45) is -4.10. The number of fused-ring (bicyclic) bond motifs is 1. The molecule has 0 unspecified atom stereocenters. The van der Waals surface area contributed by atoms with Crippen molar-refractivity contribution >= 4 is 39.3 Å². The Kier molecular flexibility index (Phi) is 11.2. The van der Waals surface area contributed by atoms with E-state index >= 15 is 0 Å². The van der Waals surface area contributed by atoms with Crippen LogP contribution in [0.1, 0.15) is 65.4 Å². The summed E-state index contributed by atoms with van der Waals surface area (Å²) in [4.78, 5) is 42.4. The monoisotopic (exact) mass is 659 g/mol. The number of halogens is 3. The van der Waals surface area contributed by atoms with Crippen LogP contribution in [0.2, 0.25) is 0 Å². The molecule has 2 aromatic rings. The first kappa shape index (κ1) is 36.8. The van der Waals surface area contributed by atoms with Crippen LogP contribution in [0.15, 0.2) is 18.2 Å². The van der Waals surface area contributed by atoms with E-state index in [-0.39, 0.29) is 36.2 Å². The van der Waals surface area contributed by atoms with Crippen molar-refractivity contribution < 1.29 is 50.0 Å². The molecule has 13 nitrogen and oxygen atoms in total. The number of hydrogen-bond donors (Lipinski definition) is 3.